The van der Waals surface area contributed by atoms with E-state index in [2.05, 4.69) is 20.8 Å². The molecule has 2 saturated carbocycles. The maximum atomic E-state index is 12.9. The molecule has 1 unspecified atom stereocenters. The fourth-order valence-electron chi connectivity index (χ4n) is 6.33. The quantitative estimate of drug-likeness (QED) is 0.517. The van der Waals surface area contributed by atoms with Gasteiger partial charge in [0.2, 0.25) is 0 Å². The highest BCUT2D eigenvalue weighted by Crippen LogP contribution is 2.60. The molecule has 0 spiro atoms. The third kappa shape index (κ3) is 4.46. The molecule has 4 nitrogen and oxygen atoms in total. The zero-order valence-electron chi connectivity index (χ0n) is 19.4. The molecule has 170 valence electrons. The summed E-state index contributed by atoms with van der Waals surface area (Å²) in [6, 6.07) is 18.2. The van der Waals surface area contributed by atoms with Crippen molar-refractivity contribution >= 4 is 11.9 Å². The van der Waals surface area contributed by atoms with Gasteiger partial charge in [0.15, 0.2) is 0 Å². The fraction of sp³-hybridized carbons (Fsp3) is 0.500. The number of ether oxygens (including phenoxy) is 2. The monoisotopic (exact) mass is 434 g/mol. The minimum absolute atomic E-state index is 0.0267. The molecule has 0 radical (unpaired) electrons. The molecule has 0 aromatic heterocycles. The summed E-state index contributed by atoms with van der Waals surface area (Å²) in [5.74, 6) is -0.136. The fourth-order valence-corrected chi connectivity index (χ4v) is 6.33. The second kappa shape index (κ2) is 9.09. The number of carbonyl (C=O) groups is 2. The predicted molar refractivity (Wildman–Crippen MR) is 124 cm³/mol. The Hall–Kier alpha value is -2.62. The summed E-state index contributed by atoms with van der Waals surface area (Å²) >= 11 is 0. The third-order valence-corrected chi connectivity index (χ3v) is 7.98. The summed E-state index contributed by atoms with van der Waals surface area (Å²) in [7, 11) is 0. The van der Waals surface area contributed by atoms with Gasteiger partial charge in [-0.05, 0) is 66.7 Å². The van der Waals surface area contributed by atoms with Crippen LogP contribution in [-0.2, 0) is 9.47 Å². The Kier molecular flexibility index (Phi) is 6.41. The van der Waals surface area contributed by atoms with Gasteiger partial charge in [0.25, 0.3) is 0 Å². The van der Waals surface area contributed by atoms with E-state index >= 15 is 0 Å². The Morgan fingerprint density at radius 3 is 2.06 bits per heavy atom. The Morgan fingerprint density at radius 2 is 1.44 bits per heavy atom. The van der Waals surface area contributed by atoms with Crippen molar-refractivity contribution in [1.29, 1.82) is 0 Å². The zero-order chi connectivity index (χ0) is 22.8. The number of rotatable bonds is 5. The largest absolute Gasteiger partial charge is 0.462 e. The molecule has 0 heterocycles. The number of benzene rings is 2. The predicted octanol–water partition coefficient (Wildman–Crippen LogP) is 6.31. The van der Waals surface area contributed by atoms with Crippen LogP contribution >= 0.6 is 0 Å². The molecule has 0 amide bonds. The van der Waals surface area contributed by atoms with Crippen LogP contribution in [0.4, 0.5) is 0 Å². The van der Waals surface area contributed by atoms with E-state index in [1.165, 1.54) is 6.42 Å². The van der Waals surface area contributed by atoms with Gasteiger partial charge in [-0.1, -0.05) is 63.6 Å². The van der Waals surface area contributed by atoms with Crippen LogP contribution in [0.25, 0.3) is 0 Å². The van der Waals surface area contributed by atoms with Crippen LogP contribution in [0, 0.1) is 22.7 Å². The SMILES string of the molecule is CC1(C)CCC[C@]2(C)C1CC[C@H](OC(=O)c1ccccc1)[C@H]2COC(=O)c1ccccc1. The average molecular weight is 435 g/mol. The molecule has 2 aliphatic rings. The smallest absolute Gasteiger partial charge is 0.338 e. The molecule has 2 aromatic carbocycles. The highest BCUT2D eigenvalue weighted by atomic mass is 16.6. The highest BCUT2D eigenvalue weighted by Gasteiger charge is 2.56. The van der Waals surface area contributed by atoms with Gasteiger partial charge in [0.1, 0.15) is 6.10 Å². The number of hydrogen-bond acceptors (Lipinski definition) is 4. The molecule has 4 atom stereocenters. The number of carbonyl (C=O) groups excluding carboxylic acids is 2. The van der Waals surface area contributed by atoms with Crippen molar-refractivity contribution in [2.75, 3.05) is 6.61 Å². The van der Waals surface area contributed by atoms with Crippen molar-refractivity contribution in [2.45, 2.75) is 59.0 Å². The minimum atomic E-state index is -0.320. The average Bonchev–Trinajstić information content (AvgIpc) is 2.78. The van der Waals surface area contributed by atoms with Crippen LogP contribution in [0.1, 0.15) is 73.6 Å². The van der Waals surface area contributed by atoms with Crippen molar-refractivity contribution in [3.63, 3.8) is 0 Å². The molecule has 2 fully saturated rings. The van der Waals surface area contributed by atoms with E-state index < -0.39 is 0 Å². The maximum absolute atomic E-state index is 12.9. The van der Waals surface area contributed by atoms with Gasteiger partial charge in [-0.15, -0.1) is 0 Å². The molecule has 32 heavy (non-hydrogen) atoms. The van der Waals surface area contributed by atoms with E-state index in [0.29, 0.717) is 17.0 Å². The van der Waals surface area contributed by atoms with E-state index in [1.54, 1.807) is 24.3 Å². The lowest BCUT2D eigenvalue weighted by molar-refractivity contribution is -0.140. The molecule has 0 saturated heterocycles. The second-order valence-corrected chi connectivity index (χ2v) is 10.4. The van der Waals surface area contributed by atoms with Crippen molar-refractivity contribution in [3.05, 3.63) is 71.8 Å². The molecule has 0 N–H and O–H groups in total. The highest BCUT2D eigenvalue weighted by molar-refractivity contribution is 5.90. The molecular formula is C28H34O4. The normalized spacial score (nSPS) is 28.9. The molecule has 2 aliphatic carbocycles. The number of fused-ring (bicyclic) bond motifs is 1. The summed E-state index contributed by atoms with van der Waals surface area (Å²) < 4.78 is 11.9. The first-order chi connectivity index (χ1) is 15.3. The lowest BCUT2D eigenvalue weighted by atomic mass is 9.48. The third-order valence-electron chi connectivity index (χ3n) is 7.98. The Bertz CT molecular complexity index is 936. The molecule has 4 heteroatoms. The van der Waals surface area contributed by atoms with E-state index in [9.17, 15) is 9.59 Å². The maximum Gasteiger partial charge on any atom is 0.338 e. The van der Waals surface area contributed by atoms with E-state index in [4.69, 9.17) is 9.47 Å². The molecule has 4 rings (SSSR count). The van der Waals surface area contributed by atoms with Gasteiger partial charge >= 0.3 is 11.9 Å². The van der Waals surface area contributed by atoms with Gasteiger partial charge in [-0.3, -0.25) is 0 Å². The first-order valence-electron chi connectivity index (χ1n) is 11.8. The van der Waals surface area contributed by atoms with E-state index in [0.717, 1.165) is 25.7 Å². The van der Waals surface area contributed by atoms with Crippen LogP contribution in [0.15, 0.2) is 60.7 Å². The lowest BCUT2D eigenvalue weighted by Gasteiger charge is -2.58. The van der Waals surface area contributed by atoms with Crippen molar-refractivity contribution in [3.8, 4) is 0 Å². The molecule has 0 aliphatic heterocycles. The topological polar surface area (TPSA) is 52.6 Å². The summed E-state index contributed by atoms with van der Waals surface area (Å²) in [5, 5.41) is 0. The molecular weight excluding hydrogens is 400 g/mol. The molecule has 2 aromatic rings. The number of esters is 2. The Labute approximate surface area is 191 Å². The summed E-state index contributed by atoms with van der Waals surface area (Å²) in [6.45, 7) is 7.31. The van der Waals surface area contributed by atoms with Crippen LogP contribution in [0.3, 0.4) is 0 Å². The summed E-state index contributed by atoms with van der Waals surface area (Å²) in [4.78, 5) is 25.6. The first-order valence-corrected chi connectivity index (χ1v) is 11.8. The van der Waals surface area contributed by atoms with E-state index in [-0.39, 0.29) is 41.4 Å². The lowest BCUT2D eigenvalue weighted by Crippen LogP contribution is -2.55. The standard InChI is InChI=1S/C28H34O4/c1-27(2)17-10-18-28(3)22(19-31-25(29)20-11-6-4-7-12-20)23(15-16-24(27)28)32-26(30)21-13-8-5-9-14-21/h4-9,11-14,22-24H,10,15-19H2,1-3H3/t22-,23+,24?,28+/m1/s1. The number of hydrogen-bond donors (Lipinski definition) is 0. The Morgan fingerprint density at radius 1 is 0.844 bits per heavy atom. The van der Waals surface area contributed by atoms with Gasteiger partial charge in [0, 0.05) is 5.92 Å². The zero-order valence-corrected chi connectivity index (χ0v) is 19.4. The van der Waals surface area contributed by atoms with Crippen LogP contribution in [0.5, 0.6) is 0 Å². The summed E-state index contributed by atoms with van der Waals surface area (Å²) in [6.07, 6.45) is 4.98. The van der Waals surface area contributed by atoms with E-state index in [1.807, 2.05) is 36.4 Å². The van der Waals surface area contributed by atoms with Gasteiger partial charge in [-0.25, -0.2) is 9.59 Å². The van der Waals surface area contributed by atoms with Crippen LogP contribution in [0.2, 0.25) is 0 Å². The molecule has 0 bridgehead atoms. The van der Waals surface area contributed by atoms with Crippen LogP contribution in [-0.4, -0.2) is 24.6 Å². The first kappa shape index (κ1) is 22.6. The second-order valence-electron chi connectivity index (χ2n) is 10.4. The van der Waals surface area contributed by atoms with Crippen molar-refractivity contribution in [2.24, 2.45) is 22.7 Å². The Balaban J connectivity index is 1.57. The van der Waals surface area contributed by atoms with Gasteiger partial charge in [-0.2, -0.15) is 0 Å². The van der Waals surface area contributed by atoms with Gasteiger partial charge < -0.3 is 9.47 Å². The van der Waals surface area contributed by atoms with Crippen molar-refractivity contribution < 1.29 is 19.1 Å². The van der Waals surface area contributed by atoms with Gasteiger partial charge in [0.05, 0.1) is 17.7 Å². The minimum Gasteiger partial charge on any atom is -0.462 e. The van der Waals surface area contributed by atoms with Crippen LogP contribution < -0.4 is 0 Å². The summed E-state index contributed by atoms with van der Waals surface area (Å²) in [5.41, 5.74) is 1.29. The van der Waals surface area contributed by atoms with Crippen molar-refractivity contribution in [1.82, 2.24) is 0 Å².